The molecule has 0 radical (unpaired) electrons. The molecule has 1 heterocycles. The summed E-state index contributed by atoms with van der Waals surface area (Å²) in [5.74, 6) is 1.41. The van der Waals surface area contributed by atoms with Gasteiger partial charge in [0.15, 0.2) is 5.82 Å². The standard InChI is InChI=1S/C23H20ClN3/c1-3-16-10-8-9-15(2)21(16)26-23-18-12-5-7-14-20(18)25-22(27-23)17-11-4-6-13-19(17)24/h4-14H,3H2,1-2H3,(H,25,26,27). The zero-order valence-corrected chi connectivity index (χ0v) is 16.1. The predicted octanol–water partition coefficient (Wildman–Crippen LogP) is 6.56. The Kier molecular flexibility index (Phi) is 4.78. The van der Waals surface area contributed by atoms with E-state index in [4.69, 9.17) is 21.6 Å². The van der Waals surface area contributed by atoms with Crippen LogP contribution in [0.5, 0.6) is 0 Å². The first-order valence-electron chi connectivity index (χ1n) is 9.04. The highest BCUT2D eigenvalue weighted by Crippen LogP contribution is 2.32. The minimum Gasteiger partial charge on any atom is -0.339 e. The molecule has 4 heteroatoms. The van der Waals surface area contributed by atoms with Gasteiger partial charge in [-0.15, -0.1) is 0 Å². The van der Waals surface area contributed by atoms with Crippen molar-refractivity contribution in [1.29, 1.82) is 0 Å². The molecule has 134 valence electrons. The average molecular weight is 374 g/mol. The highest BCUT2D eigenvalue weighted by Gasteiger charge is 2.13. The van der Waals surface area contributed by atoms with E-state index < -0.39 is 0 Å². The van der Waals surface area contributed by atoms with E-state index in [0.717, 1.165) is 34.4 Å². The molecule has 0 aliphatic carbocycles. The summed E-state index contributed by atoms with van der Waals surface area (Å²) in [6.45, 7) is 4.27. The summed E-state index contributed by atoms with van der Waals surface area (Å²) in [5.41, 5.74) is 5.27. The fourth-order valence-electron chi connectivity index (χ4n) is 3.26. The summed E-state index contributed by atoms with van der Waals surface area (Å²) in [4.78, 5) is 9.58. The first-order valence-corrected chi connectivity index (χ1v) is 9.42. The Morgan fingerprint density at radius 2 is 1.67 bits per heavy atom. The molecule has 0 aliphatic rings. The molecule has 0 atom stereocenters. The number of aromatic nitrogens is 2. The fraction of sp³-hybridized carbons (Fsp3) is 0.130. The molecule has 0 fully saturated rings. The Morgan fingerprint density at radius 1 is 0.889 bits per heavy atom. The van der Waals surface area contributed by atoms with E-state index in [0.29, 0.717) is 10.8 Å². The molecule has 27 heavy (non-hydrogen) atoms. The molecule has 1 aromatic heterocycles. The second-order valence-electron chi connectivity index (χ2n) is 6.48. The van der Waals surface area contributed by atoms with Crippen molar-refractivity contribution in [3.63, 3.8) is 0 Å². The third-order valence-electron chi connectivity index (χ3n) is 4.70. The molecule has 1 N–H and O–H groups in total. The lowest BCUT2D eigenvalue weighted by Gasteiger charge is -2.16. The van der Waals surface area contributed by atoms with E-state index in [1.165, 1.54) is 11.1 Å². The number of rotatable bonds is 4. The maximum Gasteiger partial charge on any atom is 0.163 e. The number of benzene rings is 3. The smallest absolute Gasteiger partial charge is 0.163 e. The van der Waals surface area contributed by atoms with E-state index in [9.17, 15) is 0 Å². The Hall–Kier alpha value is -2.91. The number of hydrogen-bond donors (Lipinski definition) is 1. The fourth-order valence-corrected chi connectivity index (χ4v) is 3.48. The highest BCUT2D eigenvalue weighted by molar-refractivity contribution is 6.33. The van der Waals surface area contributed by atoms with Crippen molar-refractivity contribution in [1.82, 2.24) is 9.97 Å². The summed E-state index contributed by atoms with van der Waals surface area (Å²) < 4.78 is 0. The number of hydrogen-bond acceptors (Lipinski definition) is 3. The van der Waals surface area contributed by atoms with E-state index >= 15 is 0 Å². The first kappa shape index (κ1) is 17.5. The molecule has 0 bridgehead atoms. The maximum atomic E-state index is 6.39. The molecule has 0 saturated heterocycles. The van der Waals surface area contributed by atoms with Crippen molar-refractivity contribution in [2.45, 2.75) is 20.3 Å². The zero-order valence-electron chi connectivity index (χ0n) is 15.3. The van der Waals surface area contributed by atoms with Crippen LogP contribution in [0, 0.1) is 6.92 Å². The summed E-state index contributed by atoms with van der Waals surface area (Å²) >= 11 is 6.39. The number of anilines is 2. The molecule has 0 saturated carbocycles. The Labute approximate surface area is 164 Å². The van der Waals surface area contributed by atoms with Crippen LogP contribution in [0.1, 0.15) is 18.1 Å². The van der Waals surface area contributed by atoms with Gasteiger partial charge in [0.2, 0.25) is 0 Å². The first-order chi connectivity index (χ1) is 13.2. The summed E-state index contributed by atoms with van der Waals surface area (Å²) in [6.07, 6.45) is 0.949. The van der Waals surface area contributed by atoms with Gasteiger partial charge in [-0.25, -0.2) is 9.97 Å². The molecule has 4 aromatic rings. The van der Waals surface area contributed by atoms with Crippen LogP contribution in [0.4, 0.5) is 11.5 Å². The van der Waals surface area contributed by atoms with Gasteiger partial charge in [-0.05, 0) is 48.7 Å². The van der Waals surface area contributed by atoms with E-state index in [1.54, 1.807) is 0 Å². The highest BCUT2D eigenvalue weighted by atomic mass is 35.5. The van der Waals surface area contributed by atoms with Gasteiger partial charge >= 0.3 is 0 Å². The number of para-hydroxylation sites is 2. The summed E-state index contributed by atoms with van der Waals surface area (Å²) in [7, 11) is 0. The molecule has 0 unspecified atom stereocenters. The van der Waals surface area contributed by atoms with Gasteiger partial charge in [0.25, 0.3) is 0 Å². The number of fused-ring (bicyclic) bond motifs is 1. The molecule has 3 nitrogen and oxygen atoms in total. The van der Waals surface area contributed by atoms with Crippen molar-refractivity contribution in [2.75, 3.05) is 5.32 Å². The number of nitrogens with one attached hydrogen (secondary N) is 1. The van der Waals surface area contributed by atoms with Crippen LogP contribution in [-0.2, 0) is 6.42 Å². The number of halogens is 1. The minimum absolute atomic E-state index is 0.619. The van der Waals surface area contributed by atoms with Crippen LogP contribution in [0.2, 0.25) is 5.02 Å². The third-order valence-corrected chi connectivity index (χ3v) is 5.03. The second-order valence-corrected chi connectivity index (χ2v) is 6.89. The molecule has 0 spiro atoms. The molecule has 0 amide bonds. The predicted molar refractivity (Wildman–Crippen MR) is 114 cm³/mol. The average Bonchev–Trinajstić information content (AvgIpc) is 2.69. The van der Waals surface area contributed by atoms with Gasteiger partial charge in [0.1, 0.15) is 5.82 Å². The van der Waals surface area contributed by atoms with Crippen LogP contribution in [0.15, 0.2) is 66.7 Å². The Morgan fingerprint density at radius 3 is 2.48 bits per heavy atom. The van der Waals surface area contributed by atoms with Gasteiger partial charge in [0.05, 0.1) is 10.5 Å². The molecular weight excluding hydrogens is 354 g/mol. The molecule has 0 aliphatic heterocycles. The van der Waals surface area contributed by atoms with E-state index in [1.807, 2.05) is 48.5 Å². The van der Waals surface area contributed by atoms with Crippen molar-refractivity contribution >= 4 is 34.0 Å². The lowest BCUT2D eigenvalue weighted by molar-refractivity contribution is 1.13. The van der Waals surface area contributed by atoms with Crippen LogP contribution in [-0.4, -0.2) is 9.97 Å². The summed E-state index contributed by atoms with van der Waals surface area (Å²) in [6, 6.07) is 22.0. The lowest BCUT2D eigenvalue weighted by Crippen LogP contribution is -2.03. The minimum atomic E-state index is 0.619. The summed E-state index contributed by atoms with van der Waals surface area (Å²) in [5, 5.41) is 5.20. The van der Waals surface area contributed by atoms with Gasteiger partial charge < -0.3 is 5.32 Å². The van der Waals surface area contributed by atoms with E-state index in [-0.39, 0.29) is 0 Å². The van der Waals surface area contributed by atoms with Gasteiger partial charge in [-0.3, -0.25) is 0 Å². The lowest BCUT2D eigenvalue weighted by atomic mass is 10.1. The van der Waals surface area contributed by atoms with Crippen LogP contribution >= 0.6 is 11.6 Å². The third kappa shape index (κ3) is 3.38. The second kappa shape index (κ2) is 7.37. The van der Waals surface area contributed by atoms with Crippen LogP contribution in [0.3, 0.4) is 0 Å². The number of aryl methyl sites for hydroxylation is 2. The van der Waals surface area contributed by atoms with Crippen LogP contribution in [0.25, 0.3) is 22.3 Å². The zero-order chi connectivity index (χ0) is 18.8. The van der Waals surface area contributed by atoms with Gasteiger partial charge in [-0.1, -0.05) is 61.0 Å². The quantitative estimate of drug-likeness (QED) is 0.440. The van der Waals surface area contributed by atoms with E-state index in [2.05, 4.69) is 37.4 Å². The number of nitrogens with zero attached hydrogens (tertiary/aromatic N) is 2. The SMILES string of the molecule is CCc1cccc(C)c1Nc1nc(-c2ccccc2Cl)nc2ccccc12. The van der Waals surface area contributed by atoms with Crippen molar-refractivity contribution in [3.05, 3.63) is 82.9 Å². The largest absolute Gasteiger partial charge is 0.339 e. The molecule has 3 aromatic carbocycles. The Bertz CT molecular complexity index is 1120. The normalized spacial score (nSPS) is 10.9. The topological polar surface area (TPSA) is 37.8 Å². The maximum absolute atomic E-state index is 6.39. The molecular formula is C23H20ClN3. The van der Waals surface area contributed by atoms with Crippen molar-refractivity contribution in [2.24, 2.45) is 0 Å². The van der Waals surface area contributed by atoms with Gasteiger partial charge in [-0.2, -0.15) is 0 Å². The van der Waals surface area contributed by atoms with Gasteiger partial charge in [0, 0.05) is 16.6 Å². The van der Waals surface area contributed by atoms with Crippen molar-refractivity contribution < 1.29 is 0 Å². The monoisotopic (exact) mass is 373 g/mol. The Balaban J connectivity index is 1.91. The van der Waals surface area contributed by atoms with Crippen molar-refractivity contribution in [3.8, 4) is 11.4 Å². The molecule has 4 rings (SSSR count). The van der Waals surface area contributed by atoms with Crippen LogP contribution < -0.4 is 5.32 Å².